The van der Waals surface area contributed by atoms with E-state index in [0.717, 1.165) is 23.4 Å². The second-order valence-corrected chi connectivity index (χ2v) is 5.19. The highest BCUT2D eigenvalue weighted by atomic mass is 32.1. The predicted octanol–water partition coefficient (Wildman–Crippen LogP) is 2.07. The molecule has 0 fully saturated rings. The highest BCUT2D eigenvalue weighted by Crippen LogP contribution is 2.21. The van der Waals surface area contributed by atoms with E-state index in [1.54, 1.807) is 0 Å². The number of carbonyl (C=O) groups excluding carboxylic acids is 1. The summed E-state index contributed by atoms with van der Waals surface area (Å²) in [6.07, 6.45) is 1.70. The van der Waals surface area contributed by atoms with Gasteiger partial charge < -0.3 is 11.1 Å². The topological polar surface area (TPSA) is 68.0 Å². The number of hydrogen-bond donors (Lipinski definition) is 2. The molecule has 1 unspecified atom stereocenters. The molecule has 0 spiro atoms. The number of aryl methyl sites for hydroxylation is 2. The number of thiazole rings is 1. The number of rotatable bonds is 5. The van der Waals surface area contributed by atoms with Gasteiger partial charge in [-0.05, 0) is 33.2 Å². The van der Waals surface area contributed by atoms with E-state index >= 15 is 0 Å². The largest absolute Gasteiger partial charge is 0.330 e. The van der Waals surface area contributed by atoms with Crippen LogP contribution in [0.25, 0.3) is 0 Å². The molecular formula is C11H19N3OS. The molecular weight excluding hydrogens is 222 g/mol. The summed E-state index contributed by atoms with van der Waals surface area (Å²) in [5, 5.41) is 3.53. The van der Waals surface area contributed by atoms with E-state index in [1.165, 1.54) is 11.3 Å². The van der Waals surface area contributed by atoms with Crippen LogP contribution in [0.1, 0.15) is 30.3 Å². The first-order valence-corrected chi connectivity index (χ1v) is 6.31. The molecule has 1 rings (SSSR count). The fourth-order valence-corrected chi connectivity index (χ4v) is 2.13. The van der Waals surface area contributed by atoms with Crippen molar-refractivity contribution in [1.82, 2.24) is 4.98 Å². The molecule has 1 atom stereocenters. The van der Waals surface area contributed by atoms with Crippen molar-refractivity contribution in [3.05, 3.63) is 10.6 Å². The molecule has 0 radical (unpaired) electrons. The van der Waals surface area contributed by atoms with Crippen molar-refractivity contribution in [3.8, 4) is 0 Å². The third-order valence-corrected chi connectivity index (χ3v) is 3.54. The monoisotopic (exact) mass is 241 g/mol. The van der Waals surface area contributed by atoms with Crippen molar-refractivity contribution >= 4 is 22.4 Å². The maximum atomic E-state index is 11.8. The van der Waals surface area contributed by atoms with Crippen LogP contribution in [0, 0.1) is 19.8 Å². The molecule has 0 bridgehead atoms. The van der Waals surface area contributed by atoms with Gasteiger partial charge in [-0.1, -0.05) is 6.92 Å². The highest BCUT2D eigenvalue weighted by Gasteiger charge is 2.14. The smallest absolute Gasteiger partial charge is 0.228 e. The van der Waals surface area contributed by atoms with Gasteiger partial charge >= 0.3 is 0 Å². The minimum Gasteiger partial charge on any atom is -0.330 e. The van der Waals surface area contributed by atoms with Crippen molar-refractivity contribution in [2.75, 3.05) is 11.9 Å². The summed E-state index contributed by atoms with van der Waals surface area (Å²) in [4.78, 5) is 17.2. The Morgan fingerprint density at radius 3 is 2.75 bits per heavy atom. The third kappa shape index (κ3) is 3.57. The van der Waals surface area contributed by atoms with Crippen LogP contribution in [-0.2, 0) is 4.79 Å². The van der Waals surface area contributed by atoms with Crippen molar-refractivity contribution in [2.45, 2.75) is 33.6 Å². The summed E-state index contributed by atoms with van der Waals surface area (Å²) in [7, 11) is 0. The number of nitrogens with two attached hydrogens (primary N) is 1. The van der Waals surface area contributed by atoms with E-state index < -0.39 is 0 Å². The summed E-state index contributed by atoms with van der Waals surface area (Å²) in [6, 6.07) is 0. The van der Waals surface area contributed by atoms with Crippen LogP contribution >= 0.6 is 11.3 Å². The lowest BCUT2D eigenvalue weighted by Crippen LogP contribution is -2.21. The molecule has 1 amide bonds. The average Bonchev–Trinajstić information content (AvgIpc) is 2.54. The van der Waals surface area contributed by atoms with Crippen LogP contribution in [0.5, 0.6) is 0 Å². The summed E-state index contributed by atoms with van der Waals surface area (Å²) < 4.78 is 0. The maximum Gasteiger partial charge on any atom is 0.228 e. The van der Waals surface area contributed by atoms with Gasteiger partial charge in [0.2, 0.25) is 5.91 Å². The first kappa shape index (κ1) is 13.1. The minimum absolute atomic E-state index is 0.00642. The van der Waals surface area contributed by atoms with E-state index in [4.69, 9.17) is 5.73 Å². The zero-order valence-electron chi connectivity index (χ0n) is 10.0. The number of aromatic nitrogens is 1. The fraction of sp³-hybridized carbons (Fsp3) is 0.636. The van der Waals surface area contributed by atoms with Gasteiger partial charge in [-0.3, -0.25) is 4.79 Å². The molecule has 5 heteroatoms. The molecule has 4 nitrogen and oxygen atoms in total. The van der Waals surface area contributed by atoms with Gasteiger partial charge in [0.05, 0.1) is 5.69 Å². The van der Waals surface area contributed by atoms with Crippen molar-refractivity contribution in [3.63, 3.8) is 0 Å². The first-order valence-electron chi connectivity index (χ1n) is 5.49. The van der Waals surface area contributed by atoms with Crippen LogP contribution in [0.3, 0.4) is 0 Å². The van der Waals surface area contributed by atoms with E-state index in [1.807, 2.05) is 20.8 Å². The minimum atomic E-state index is -0.00642. The van der Waals surface area contributed by atoms with Gasteiger partial charge in [0.15, 0.2) is 5.13 Å². The lowest BCUT2D eigenvalue weighted by molar-refractivity contribution is -0.119. The molecule has 1 heterocycles. The molecule has 1 aromatic rings. The Morgan fingerprint density at radius 2 is 2.25 bits per heavy atom. The molecule has 0 saturated heterocycles. The van der Waals surface area contributed by atoms with Crippen molar-refractivity contribution in [2.24, 2.45) is 11.7 Å². The number of amides is 1. The highest BCUT2D eigenvalue weighted by molar-refractivity contribution is 7.15. The van der Waals surface area contributed by atoms with Gasteiger partial charge in [-0.25, -0.2) is 4.98 Å². The maximum absolute atomic E-state index is 11.8. The number of hydrogen-bond acceptors (Lipinski definition) is 4. The van der Waals surface area contributed by atoms with E-state index in [-0.39, 0.29) is 11.8 Å². The van der Waals surface area contributed by atoms with Crippen molar-refractivity contribution < 1.29 is 4.79 Å². The fourth-order valence-electron chi connectivity index (χ4n) is 1.31. The molecule has 1 aromatic heterocycles. The predicted molar refractivity (Wildman–Crippen MR) is 67.7 cm³/mol. The lowest BCUT2D eigenvalue weighted by atomic mass is 10.1. The summed E-state index contributed by atoms with van der Waals surface area (Å²) in [5.41, 5.74) is 6.39. The average molecular weight is 241 g/mol. The van der Waals surface area contributed by atoms with Gasteiger partial charge in [-0.15, -0.1) is 11.3 Å². The summed E-state index contributed by atoms with van der Waals surface area (Å²) >= 11 is 1.52. The van der Waals surface area contributed by atoms with Crippen LogP contribution in [-0.4, -0.2) is 17.4 Å². The standard InChI is InChI=1S/C11H19N3OS/c1-7(5-4-6-12)10(15)14-11-13-8(2)9(3)16-11/h7H,4-6,12H2,1-3H3,(H,13,14,15). The number of nitrogens with zero attached hydrogens (tertiary/aromatic N) is 1. The van der Waals surface area contributed by atoms with E-state index in [9.17, 15) is 4.79 Å². The second-order valence-electron chi connectivity index (χ2n) is 3.98. The molecule has 0 aliphatic carbocycles. The Bertz CT molecular complexity index is 343. The van der Waals surface area contributed by atoms with Crippen LogP contribution in [0.4, 0.5) is 5.13 Å². The Kier molecular flexibility index (Phi) is 4.89. The summed E-state index contributed by atoms with van der Waals surface area (Å²) in [5.74, 6) is 0.0234. The molecule has 0 aliphatic heterocycles. The molecule has 0 aromatic carbocycles. The Labute approximate surface area is 100 Å². The van der Waals surface area contributed by atoms with Gasteiger partial charge in [0, 0.05) is 10.8 Å². The lowest BCUT2D eigenvalue weighted by Gasteiger charge is -2.09. The van der Waals surface area contributed by atoms with E-state index in [2.05, 4.69) is 10.3 Å². The van der Waals surface area contributed by atoms with Gasteiger partial charge in [-0.2, -0.15) is 0 Å². The second kappa shape index (κ2) is 5.96. The number of nitrogens with one attached hydrogen (secondary N) is 1. The normalized spacial score (nSPS) is 12.5. The Balaban J connectivity index is 2.50. The Hall–Kier alpha value is -0.940. The number of anilines is 1. The zero-order valence-corrected chi connectivity index (χ0v) is 10.9. The first-order chi connectivity index (χ1) is 7.54. The summed E-state index contributed by atoms with van der Waals surface area (Å²) in [6.45, 7) is 6.49. The SMILES string of the molecule is Cc1nc(NC(=O)C(C)CCCN)sc1C. The molecule has 3 N–H and O–H groups in total. The molecule has 16 heavy (non-hydrogen) atoms. The van der Waals surface area contributed by atoms with Crippen LogP contribution in [0.15, 0.2) is 0 Å². The molecule has 90 valence electrons. The van der Waals surface area contributed by atoms with Gasteiger partial charge in [0.25, 0.3) is 0 Å². The quantitative estimate of drug-likeness (QED) is 0.829. The number of carbonyl (C=O) groups is 1. The zero-order chi connectivity index (χ0) is 12.1. The third-order valence-electron chi connectivity index (χ3n) is 2.55. The van der Waals surface area contributed by atoms with Gasteiger partial charge in [0.1, 0.15) is 0 Å². The molecule has 0 saturated carbocycles. The van der Waals surface area contributed by atoms with Crippen LogP contribution < -0.4 is 11.1 Å². The molecule has 0 aliphatic rings. The van der Waals surface area contributed by atoms with Crippen LogP contribution in [0.2, 0.25) is 0 Å². The Morgan fingerprint density at radius 1 is 1.56 bits per heavy atom. The van der Waals surface area contributed by atoms with E-state index in [0.29, 0.717) is 11.7 Å². The van der Waals surface area contributed by atoms with Crippen molar-refractivity contribution in [1.29, 1.82) is 0 Å².